The number of hydrogen-bond acceptors (Lipinski definition) is 4. The maximum atomic E-state index is 9.78. The van der Waals surface area contributed by atoms with Crippen LogP contribution in [0.4, 0.5) is 5.69 Å². The zero-order valence-corrected chi connectivity index (χ0v) is 5.50. The standard InChI is InChI=1S/C6H6N2O2/c1-2-5-6(7-4-9)3-10-8-5/h3H,2H2,1H3. The normalized spacial score (nSPS) is 8.90. The van der Waals surface area contributed by atoms with Crippen LogP contribution < -0.4 is 0 Å². The third-order valence-electron chi connectivity index (χ3n) is 1.12. The van der Waals surface area contributed by atoms with Crippen molar-refractivity contribution in [3.63, 3.8) is 0 Å². The second-order valence-electron chi connectivity index (χ2n) is 1.70. The monoisotopic (exact) mass is 138 g/mol. The number of aromatic nitrogens is 1. The fourth-order valence-corrected chi connectivity index (χ4v) is 0.640. The predicted molar refractivity (Wildman–Crippen MR) is 33.7 cm³/mol. The number of rotatable bonds is 2. The molecule has 0 radical (unpaired) electrons. The molecular formula is C6H6N2O2. The second kappa shape index (κ2) is 2.94. The van der Waals surface area contributed by atoms with Crippen LogP contribution in [0.3, 0.4) is 0 Å². The molecule has 0 aliphatic rings. The molecule has 4 heteroatoms. The van der Waals surface area contributed by atoms with Crippen LogP contribution in [0.2, 0.25) is 0 Å². The van der Waals surface area contributed by atoms with Crippen LogP contribution in [0.5, 0.6) is 0 Å². The van der Waals surface area contributed by atoms with E-state index in [9.17, 15) is 4.79 Å². The summed E-state index contributed by atoms with van der Waals surface area (Å²) in [5.41, 5.74) is 1.15. The van der Waals surface area contributed by atoms with Gasteiger partial charge in [-0.1, -0.05) is 12.1 Å². The minimum atomic E-state index is 0.470. The Balaban J connectivity index is 3.00. The molecule has 1 rings (SSSR count). The molecule has 0 saturated carbocycles. The highest BCUT2D eigenvalue weighted by atomic mass is 16.5. The summed E-state index contributed by atoms with van der Waals surface area (Å²) in [5.74, 6) is 0. The van der Waals surface area contributed by atoms with E-state index in [0.717, 1.165) is 0 Å². The highest BCUT2D eigenvalue weighted by Gasteiger charge is 2.02. The number of carbonyl (C=O) groups excluding carboxylic acids is 1. The molecular weight excluding hydrogens is 132 g/mol. The Kier molecular flexibility index (Phi) is 1.97. The summed E-state index contributed by atoms with van der Waals surface area (Å²) in [4.78, 5) is 13.2. The Bertz CT molecular complexity index is 260. The molecule has 0 aliphatic heterocycles. The van der Waals surface area contributed by atoms with E-state index in [4.69, 9.17) is 0 Å². The van der Waals surface area contributed by atoms with Crippen molar-refractivity contribution in [2.45, 2.75) is 13.3 Å². The summed E-state index contributed by atoms with van der Waals surface area (Å²) < 4.78 is 4.57. The third kappa shape index (κ3) is 1.11. The summed E-state index contributed by atoms with van der Waals surface area (Å²) >= 11 is 0. The van der Waals surface area contributed by atoms with E-state index < -0.39 is 0 Å². The van der Waals surface area contributed by atoms with E-state index in [1.807, 2.05) is 6.92 Å². The van der Waals surface area contributed by atoms with Gasteiger partial charge in [0.25, 0.3) is 0 Å². The Labute approximate surface area is 57.5 Å². The predicted octanol–water partition coefficient (Wildman–Crippen LogP) is 1.20. The van der Waals surface area contributed by atoms with E-state index >= 15 is 0 Å². The lowest BCUT2D eigenvalue weighted by atomic mass is 10.3. The van der Waals surface area contributed by atoms with Crippen molar-refractivity contribution >= 4 is 11.8 Å². The number of hydrogen-bond donors (Lipinski definition) is 0. The lowest BCUT2D eigenvalue weighted by molar-refractivity contribution is 0.412. The molecule has 0 amide bonds. The molecule has 0 saturated heterocycles. The highest BCUT2D eigenvalue weighted by molar-refractivity contribution is 5.49. The van der Waals surface area contributed by atoms with Crippen LogP contribution in [0.25, 0.3) is 0 Å². The average molecular weight is 138 g/mol. The van der Waals surface area contributed by atoms with Crippen molar-refractivity contribution in [3.05, 3.63) is 12.0 Å². The first-order chi connectivity index (χ1) is 4.88. The number of aryl methyl sites for hydroxylation is 1. The van der Waals surface area contributed by atoms with Gasteiger partial charge in [0, 0.05) is 0 Å². The summed E-state index contributed by atoms with van der Waals surface area (Å²) in [6, 6.07) is 0. The minimum absolute atomic E-state index is 0.470. The molecule has 4 nitrogen and oxygen atoms in total. The van der Waals surface area contributed by atoms with Crippen molar-refractivity contribution in [2.24, 2.45) is 4.99 Å². The largest absolute Gasteiger partial charge is 0.362 e. The molecule has 0 atom stereocenters. The minimum Gasteiger partial charge on any atom is -0.362 e. The van der Waals surface area contributed by atoms with E-state index in [0.29, 0.717) is 17.8 Å². The van der Waals surface area contributed by atoms with Crippen molar-refractivity contribution < 1.29 is 9.32 Å². The smallest absolute Gasteiger partial charge is 0.240 e. The van der Waals surface area contributed by atoms with Gasteiger partial charge in [-0.25, -0.2) is 4.79 Å². The van der Waals surface area contributed by atoms with Gasteiger partial charge >= 0.3 is 0 Å². The Morgan fingerprint density at radius 1 is 1.90 bits per heavy atom. The summed E-state index contributed by atoms with van der Waals surface area (Å²) in [6.45, 7) is 1.90. The lowest BCUT2D eigenvalue weighted by Crippen LogP contribution is -1.76. The van der Waals surface area contributed by atoms with Gasteiger partial charge in [0.1, 0.15) is 11.4 Å². The van der Waals surface area contributed by atoms with E-state index in [1.54, 1.807) is 0 Å². The number of nitrogens with zero attached hydrogens (tertiary/aromatic N) is 2. The van der Waals surface area contributed by atoms with Gasteiger partial charge in [-0.05, 0) is 6.42 Å². The van der Waals surface area contributed by atoms with Gasteiger partial charge in [0.15, 0.2) is 6.26 Å². The molecule has 52 valence electrons. The topological polar surface area (TPSA) is 55.5 Å². The van der Waals surface area contributed by atoms with Crippen LogP contribution in [-0.2, 0) is 11.2 Å². The second-order valence-corrected chi connectivity index (χ2v) is 1.70. The molecule has 0 spiro atoms. The first kappa shape index (κ1) is 6.71. The molecule has 1 aromatic heterocycles. The van der Waals surface area contributed by atoms with Crippen LogP contribution in [-0.4, -0.2) is 11.2 Å². The zero-order valence-electron chi connectivity index (χ0n) is 5.50. The average Bonchev–Trinajstić information content (AvgIpc) is 2.36. The highest BCUT2D eigenvalue weighted by Crippen LogP contribution is 2.16. The van der Waals surface area contributed by atoms with Gasteiger partial charge in [0.2, 0.25) is 6.08 Å². The first-order valence-corrected chi connectivity index (χ1v) is 2.89. The van der Waals surface area contributed by atoms with E-state index in [1.165, 1.54) is 12.3 Å². The quantitative estimate of drug-likeness (QED) is 0.455. The molecule has 1 aromatic rings. The van der Waals surface area contributed by atoms with Crippen molar-refractivity contribution in [2.75, 3.05) is 0 Å². The van der Waals surface area contributed by atoms with E-state index in [2.05, 4.69) is 14.7 Å². The van der Waals surface area contributed by atoms with Crippen molar-refractivity contribution in [3.8, 4) is 0 Å². The maximum Gasteiger partial charge on any atom is 0.240 e. The lowest BCUT2D eigenvalue weighted by Gasteiger charge is -1.82. The summed E-state index contributed by atoms with van der Waals surface area (Å²) in [5, 5.41) is 3.61. The van der Waals surface area contributed by atoms with Gasteiger partial charge in [-0.2, -0.15) is 4.99 Å². The molecule has 0 unspecified atom stereocenters. The molecule has 10 heavy (non-hydrogen) atoms. The maximum absolute atomic E-state index is 9.78. The number of aliphatic imine (C=N–C) groups is 1. The Hall–Kier alpha value is -1.41. The summed E-state index contributed by atoms with van der Waals surface area (Å²) in [7, 11) is 0. The first-order valence-electron chi connectivity index (χ1n) is 2.89. The van der Waals surface area contributed by atoms with Gasteiger partial charge in [-0.3, -0.25) is 0 Å². The molecule has 0 N–H and O–H groups in total. The van der Waals surface area contributed by atoms with E-state index in [-0.39, 0.29) is 0 Å². The van der Waals surface area contributed by atoms with Crippen LogP contribution >= 0.6 is 0 Å². The molecule has 0 aromatic carbocycles. The molecule has 1 heterocycles. The molecule has 0 fully saturated rings. The number of isocyanates is 1. The fourth-order valence-electron chi connectivity index (χ4n) is 0.640. The fraction of sp³-hybridized carbons (Fsp3) is 0.333. The Morgan fingerprint density at radius 2 is 2.70 bits per heavy atom. The van der Waals surface area contributed by atoms with Crippen molar-refractivity contribution in [1.29, 1.82) is 0 Å². The van der Waals surface area contributed by atoms with Crippen LogP contribution in [0.1, 0.15) is 12.6 Å². The van der Waals surface area contributed by atoms with Gasteiger partial charge in [-0.15, -0.1) is 0 Å². The van der Waals surface area contributed by atoms with Gasteiger partial charge < -0.3 is 4.52 Å². The van der Waals surface area contributed by atoms with Crippen molar-refractivity contribution in [1.82, 2.24) is 5.16 Å². The Morgan fingerprint density at radius 3 is 3.30 bits per heavy atom. The van der Waals surface area contributed by atoms with Crippen LogP contribution in [0, 0.1) is 0 Å². The summed E-state index contributed by atoms with van der Waals surface area (Å²) in [6.07, 6.45) is 3.45. The SMILES string of the molecule is CCc1nocc1N=C=O. The van der Waals surface area contributed by atoms with Crippen LogP contribution in [0.15, 0.2) is 15.8 Å². The molecule has 0 aliphatic carbocycles. The zero-order chi connectivity index (χ0) is 7.40. The van der Waals surface area contributed by atoms with Gasteiger partial charge in [0.05, 0.1) is 0 Å². The third-order valence-corrected chi connectivity index (χ3v) is 1.12. The molecule has 0 bridgehead atoms.